The third-order valence-electron chi connectivity index (χ3n) is 3.32. The SMILES string of the molecule is CN(C)CCCCNC1CCCCCC1. The van der Waals surface area contributed by atoms with Gasteiger partial charge in [0.1, 0.15) is 0 Å². The van der Waals surface area contributed by atoms with E-state index in [9.17, 15) is 0 Å². The highest BCUT2D eigenvalue weighted by molar-refractivity contribution is 4.70. The topological polar surface area (TPSA) is 15.3 Å². The third kappa shape index (κ3) is 6.91. The molecule has 1 rings (SSSR count). The minimum Gasteiger partial charge on any atom is -0.314 e. The molecule has 2 heteroatoms. The lowest BCUT2D eigenvalue weighted by molar-refractivity contribution is 0.383. The van der Waals surface area contributed by atoms with E-state index in [1.165, 1.54) is 64.5 Å². The highest BCUT2D eigenvalue weighted by Gasteiger charge is 2.10. The molecule has 0 saturated heterocycles. The second-order valence-electron chi connectivity index (χ2n) is 5.15. The second-order valence-corrected chi connectivity index (χ2v) is 5.15. The molecule has 0 aromatic rings. The van der Waals surface area contributed by atoms with E-state index in [4.69, 9.17) is 0 Å². The van der Waals surface area contributed by atoms with Crippen molar-refractivity contribution in [3.8, 4) is 0 Å². The van der Waals surface area contributed by atoms with E-state index in [0.717, 1.165) is 6.04 Å². The van der Waals surface area contributed by atoms with Gasteiger partial charge in [-0.1, -0.05) is 25.7 Å². The number of hydrogen-bond acceptors (Lipinski definition) is 2. The van der Waals surface area contributed by atoms with Crippen molar-refractivity contribution in [1.29, 1.82) is 0 Å². The summed E-state index contributed by atoms with van der Waals surface area (Å²) in [6, 6.07) is 0.826. The Morgan fingerprint density at radius 1 is 1.00 bits per heavy atom. The van der Waals surface area contributed by atoms with Crippen LogP contribution in [0, 0.1) is 0 Å². The molecule has 90 valence electrons. The summed E-state index contributed by atoms with van der Waals surface area (Å²) in [7, 11) is 4.30. The van der Waals surface area contributed by atoms with Crippen LogP contribution in [0.2, 0.25) is 0 Å². The molecule has 0 spiro atoms. The summed E-state index contributed by atoms with van der Waals surface area (Å²) in [6.07, 6.45) is 11.3. The van der Waals surface area contributed by atoms with Gasteiger partial charge in [0.25, 0.3) is 0 Å². The van der Waals surface area contributed by atoms with Crippen molar-refractivity contribution >= 4 is 0 Å². The van der Waals surface area contributed by atoms with E-state index in [-0.39, 0.29) is 0 Å². The van der Waals surface area contributed by atoms with Crippen molar-refractivity contribution < 1.29 is 0 Å². The number of hydrogen-bond donors (Lipinski definition) is 1. The summed E-state index contributed by atoms with van der Waals surface area (Å²) in [6.45, 7) is 2.45. The molecule has 0 bridgehead atoms. The van der Waals surface area contributed by atoms with Gasteiger partial charge in [-0.05, 0) is 52.9 Å². The third-order valence-corrected chi connectivity index (χ3v) is 3.32. The maximum absolute atomic E-state index is 3.72. The van der Waals surface area contributed by atoms with E-state index in [2.05, 4.69) is 24.3 Å². The lowest BCUT2D eigenvalue weighted by atomic mass is 10.1. The second kappa shape index (κ2) is 8.12. The zero-order chi connectivity index (χ0) is 10.9. The normalized spacial score (nSPS) is 19.4. The maximum atomic E-state index is 3.72. The molecule has 0 radical (unpaired) electrons. The van der Waals surface area contributed by atoms with Gasteiger partial charge in [-0.25, -0.2) is 0 Å². The lowest BCUT2D eigenvalue weighted by Crippen LogP contribution is -2.29. The van der Waals surface area contributed by atoms with Crippen LogP contribution in [0.4, 0.5) is 0 Å². The Kier molecular flexibility index (Phi) is 7.03. The van der Waals surface area contributed by atoms with E-state index in [0.29, 0.717) is 0 Å². The molecule has 1 aliphatic rings. The predicted molar refractivity (Wildman–Crippen MR) is 67.3 cm³/mol. The van der Waals surface area contributed by atoms with Crippen LogP contribution >= 0.6 is 0 Å². The van der Waals surface area contributed by atoms with E-state index >= 15 is 0 Å². The number of rotatable bonds is 6. The highest BCUT2D eigenvalue weighted by atomic mass is 15.0. The minimum absolute atomic E-state index is 0.826. The summed E-state index contributed by atoms with van der Waals surface area (Å²) in [5.74, 6) is 0. The zero-order valence-electron chi connectivity index (χ0n) is 10.6. The first-order chi connectivity index (χ1) is 7.29. The Morgan fingerprint density at radius 3 is 2.27 bits per heavy atom. The molecule has 1 saturated carbocycles. The standard InChI is InChI=1S/C13H28N2/c1-15(2)12-8-7-11-14-13-9-5-3-4-6-10-13/h13-14H,3-12H2,1-2H3. The quantitative estimate of drug-likeness (QED) is 0.538. The fourth-order valence-electron chi connectivity index (χ4n) is 2.34. The first kappa shape index (κ1) is 13.0. The Hall–Kier alpha value is -0.0800. The van der Waals surface area contributed by atoms with Gasteiger partial charge in [0.05, 0.1) is 0 Å². The van der Waals surface area contributed by atoms with Crippen LogP contribution in [0.5, 0.6) is 0 Å². The van der Waals surface area contributed by atoms with Gasteiger partial charge in [-0.2, -0.15) is 0 Å². The van der Waals surface area contributed by atoms with Gasteiger partial charge in [0.15, 0.2) is 0 Å². The number of nitrogens with zero attached hydrogens (tertiary/aromatic N) is 1. The summed E-state index contributed by atoms with van der Waals surface area (Å²) in [4.78, 5) is 2.27. The Morgan fingerprint density at radius 2 is 1.67 bits per heavy atom. The molecule has 15 heavy (non-hydrogen) atoms. The van der Waals surface area contributed by atoms with Crippen LogP contribution in [-0.4, -0.2) is 38.1 Å². The molecule has 0 unspecified atom stereocenters. The smallest absolute Gasteiger partial charge is 0.00670 e. The van der Waals surface area contributed by atoms with Crippen LogP contribution < -0.4 is 5.32 Å². The van der Waals surface area contributed by atoms with Crippen LogP contribution in [0.15, 0.2) is 0 Å². The first-order valence-electron chi connectivity index (χ1n) is 6.67. The van der Waals surface area contributed by atoms with Gasteiger partial charge < -0.3 is 10.2 Å². The largest absolute Gasteiger partial charge is 0.314 e. The molecule has 0 aromatic carbocycles. The molecule has 0 aliphatic heterocycles. The molecule has 1 aliphatic carbocycles. The molecular weight excluding hydrogens is 184 g/mol. The number of nitrogens with one attached hydrogen (secondary N) is 1. The lowest BCUT2D eigenvalue weighted by Gasteiger charge is -2.16. The molecule has 2 nitrogen and oxygen atoms in total. The van der Waals surface area contributed by atoms with Crippen LogP contribution in [-0.2, 0) is 0 Å². The molecule has 1 N–H and O–H groups in total. The molecule has 0 aromatic heterocycles. The van der Waals surface area contributed by atoms with Gasteiger partial charge in [0.2, 0.25) is 0 Å². The van der Waals surface area contributed by atoms with Gasteiger partial charge >= 0.3 is 0 Å². The van der Waals surface area contributed by atoms with Gasteiger partial charge in [-0.15, -0.1) is 0 Å². The first-order valence-corrected chi connectivity index (χ1v) is 6.67. The van der Waals surface area contributed by atoms with E-state index in [1.54, 1.807) is 0 Å². The number of unbranched alkanes of at least 4 members (excludes halogenated alkanes) is 1. The predicted octanol–water partition coefficient (Wildman–Crippen LogP) is 2.64. The van der Waals surface area contributed by atoms with Gasteiger partial charge in [0, 0.05) is 6.04 Å². The molecule has 0 amide bonds. The van der Waals surface area contributed by atoms with Crippen LogP contribution in [0.25, 0.3) is 0 Å². The molecule has 0 heterocycles. The van der Waals surface area contributed by atoms with E-state index < -0.39 is 0 Å². The summed E-state index contributed by atoms with van der Waals surface area (Å²) in [5, 5.41) is 3.72. The monoisotopic (exact) mass is 212 g/mol. The van der Waals surface area contributed by atoms with Crippen molar-refractivity contribution in [2.45, 2.75) is 57.4 Å². The Bertz CT molecular complexity index is 137. The van der Waals surface area contributed by atoms with Crippen molar-refractivity contribution in [3.05, 3.63) is 0 Å². The Balaban J connectivity index is 1.94. The van der Waals surface area contributed by atoms with Crippen molar-refractivity contribution in [1.82, 2.24) is 10.2 Å². The minimum atomic E-state index is 0.826. The molecular formula is C13H28N2. The fourth-order valence-corrected chi connectivity index (χ4v) is 2.34. The highest BCUT2D eigenvalue weighted by Crippen LogP contribution is 2.17. The molecule has 1 fully saturated rings. The summed E-state index contributed by atoms with van der Waals surface area (Å²) < 4.78 is 0. The van der Waals surface area contributed by atoms with Gasteiger partial charge in [-0.3, -0.25) is 0 Å². The molecule has 0 atom stereocenters. The Labute approximate surface area is 95.4 Å². The summed E-state index contributed by atoms with van der Waals surface area (Å²) >= 11 is 0. The van der Waals surface area contributed by atoms with E-state index in [1.807, 2.05) is 0 Å². The maximum Gasteiger partial charge on any atom is 0.00670 e. The fraction of sp³-hybridized carbons (Fsp3) is 1.00. The van der Waals surface area contributed by atoms with Crippen LogP contribution in [0.3, 0.4) is 0 Å². The zero-order valence-corrected chi connectivity index (χ0v) is 10.6. The van der Waals surface area contributed by atoms with Crippen molar-refractivity contribution in [3.63, 3.8) is 0 Å². The van der Waals surface area contributed by atoms with Crippen molar-refractivity contribution in [2.24, 2.45) is 0 Å². The summed E-state index contributed by atoms with van der Waals surface area (Å²) in [5.41, 5.74) is 0. The average Bonchev–Trinajstić information content (AvgIpc) is 2.45. The average molecular weight is 212 g/mol. The van der Waals surface area contributed by atoms with Crippen molar-refractivity contribution in [2.75, 3.05) is 27.2 Å². The van der Waals surface area contributed by atoms with Crippen LogP contribution in [0.1, 0.15) is 51.4 Å².